The van der Waals surface area contributed by atoms with Crippen LogP contribution in [-0.4, -0.2) is 28.0 Å². The molecule has 1 fully saturated rings. The Labute approximate surface area is 125 Å². The van der Waals surface area contributed by atoms with Crippen molar-refractivity contribution in [2.75, 3.05) is 13.1 Å². The highest BCUT2D eigenvalue weighted by molar-refractivity contribution is 5.57. The molecule has 0 radical (unpaired) electrons. The summed E-state index contributed by atoms with van der Waals surface area (Å²) in [7, 11) is 0. The molecule has 2 aromatic heterocycles. The lowest BCUT2D eigenvalue weighted by molar-refractivity contribution is 0.452. The van der Waals surface area contributed by atoms with E-state index in [0.717, 1.165) is 42.9 Å². The molecule has 0 saturated carbocycles. The van der Waals surface area contributed by atoms with Crippen LogP contribution in [0, 0.1) is 0 Å². The molecule has 1 saturated heterocycles. The van der Waals surface area contributed by atoms with Gasteiger partial charge in [-0.25, -0.2) is 9.97 Å². The van der Waals surface area contributed by atoms with E-state index in [9.17, 15) is 0 Å². The monoisotopic (exact) mass is 280 g/mol. The largest absolute Gasteiger partial charge is 0.317 e. The van der Waals surface area contributed by atoms with Gasteiger partial charge in [-0.1, -0.05) is 12.2 Å². The number of nitrogens with one attached hydrogen (secondary N) is 1. The Bertz CT molecular complexity index is 616. The van der Waals surface area contributed by atoms with E-state index in [-0.39, 0.29) is 0 Å². The number of nitrogens with zero attached hydrogens (tertiary/aromatic N) is 3. The van der Waals surface area contributed by atoms with E-state index in [1.807, 2.05) is 37.5 Å². The maximum absolute atomic E-state index is 4.86. The molecule has 108 valence electrons. The van der Waals surface area contributed by atoms with Gasteiger partial charge in [0.2, 0.25) is 0 Å². The zero-order chi connectivity index (χ0) is 14.5. The first kappa shape index (κ1) is 13.9. The minimum atomic E-state index is 0.510. The number of aromatic nitrogens is 3. The second-order valence-electron chi connectivity index (χ2n) is 5.30. The summed E-state index contributed by atoms with van der Waals surface area (Å²) in [6, 6.07) is 3.92. The predicted molar refractivity (Wildman–Crippen MR) is 84.8 cm³/mol. The van der Waals surface area contributed by atoms with E-state index in [2.05, 4.69) is 21.4 Å². The molecule has 2 aromatic rings. The van der Waals surface area contributed by atoms with Crippen molar-refractivity contribution in [1.82, 2.24) is 20.3 Å². The van der Waals surface area contributed by atoms with Gasteiger partial charge in [0.15, 0.2) is 5.82 Å². The minimum absolute atomic E-state index is 0.510. The van der Waals surface area contributed by atoms with E-state index in [1.54, 1.807) is 6.20 Å². The molecule has 0 aliphatic carbocycles. The normalized spacial score (nSPS) is 16.4. The standard InChI is InChI=1S/C17H20N4/c1-2-4-14-12-20-17(15-5-3-8-19-11-15)21-16(14)13-6-9-18-10-7-13/h2-5,8,11-13,18H,6-7,9-10H2,1H3/b4-2+. The summed E-state index contributed by atoms with van der Waals surface area (Å²) >= 11 is 0. The molecular formula is C17H20N4. The lowest BCUT2D eigenvalue weighted by atomic mass is 9.91. The highest BCUT2D eigenvalue weighted by Crippen LogP contribution is 2.28. The van der Waals surface area contributed by atoms with Crippen LogP contribution in [0.5, 0.6) is 0 Å². The van der Waals surface area contributed by atoms with Crippen LogP contribution in [-0.2, 0) is 0 Å². The Morgan fingerprint density at radius 3 is 2.81 bits per heavy atom. The van der Waals surface area contributed by atoms with Gasteiger partial charge in [0.25, 0.3) is 0 Å². The van der Waals surface area contributed by atoms with Gasteiger partial charge in [0.05, 0.1) is 5.69 Å². The van der Waals surface area contributed by atoms with Gasteiger partial charge in [-0.2, -0.15) is 0 Å². The summed E-state index contributed by atoms with van der Waals surface area (Å²) < 4.78 is 0. The summed E-state index contributed by atoms with van der Waals surface area (Å²) in [5.41, 5.74) is 3.28. The molecule has 0 bridgehead atoms. The van der Waals surface area contributed by atoms with Crippen LogP contribution in [0.1, 0.15) is 36.9 Å². The summed E-state index contributed by atoms with van der Waals surface area (Å²) in [4.78, 5) is 13.5. The third kappa shape index (κ3) is 3.16. The molecule has 3 heterocycles. The fraction of sp³-hybridized carbons (Fsp3) is 0.353. The first-order valence-corrected chi connectivity index (χ1v) is 7.49. The average molecular weight is 280 g/mol. The van der Waals surface area contributed by atoms with Crippen molar-refractivity contribution in [3.05, 3.63) is 48.1 Å². The van der Waals surface area contributed by atoms with E-state index in [1.165, 1.54) is 5.69 Å². The van der Waals surface area contributed by atoms with Crippen LogP contribution in [0.4, 0.5) is 0 Å². The average Bonchev–Trinajstić information content (AvgIpc) is 2.57. The summed E-state index contributed by atoms with van der Waals surface area (Å²) in [6.07, 6.45) is 11.9. The first-order valence-electron chi connectivity index (χ1n) is 7.49. The molecule has 1 aliphatic rings. The van der Waals surface area contributed by atoms with Gasteiger partial charge >= 0.3 is 0 Å². The Balaban J connectivity index is 2.01. The molecule has 0 atom stereocenters. The first-order chi connectivity index (χ1) is 10.4. The zero-order valence-electron chi connectivity index (χ0n) is 12.3. The van der Waals surface area contributed by atoms with E-state index < -0.39 is 0 Å². The molecule has 21 heavy (non-hydrogen) atoms. The number of hydrogen-bond acceptors (Lipinski definition) is 4. The van der Waals surface area contributed by atoms with Crippen molar-refractivity contribution in [2.45, 2.75) is 25.7 Å². The van der Waals surface area contributed by atoms with Gasteiger partial charge in [-0.15, -0.1) is 0 Å². The SMILES string of the molecule is C/C=C/c1cnc(-c2cccnc2)nc1C1CCNCC1. The molecule has 0 unspecified atom stereocenters. The van der Waals surface area contributed by atoms with Gasteiger partial charge in [-0.3, -0.25) is 4.98 Å². The van der Waals surface area contributed by atoms with Crippen molar-refractivity contribution in [2.24, 2.45) is 0 Å². The van der Waals surface area contributed by atoms with Gasteiger partial charge in [0, 0.05) is 35.6 Å². The third-order valence-electron chi connectivity index (χ3n) is 3.84. The quantitative estimate of drug-likeness (QED) is 0.939. The number of hydrogen-bond donors (Lipinski definition) is 1. The molecule has 4 heteroatoms. The van der Waals surface area contributed by atoms with Crippen LogP contribution in [0.2, 0.25) is 0 Å². The van der Waals surface area contributed by atoms with Crippen LogP contribution in [0.25, 0.3) is 17.5 Å². The summed E-state index contributed by atoms with van der Waals surface area (Å²) in [6.45, 7) is 4.15. The zero-order valence-corrected chi connectivity index (χ0v) is 12.3. The molecule has 1 N–H and O–H groups in total. The van der Waals surface area contributed by atoms with Crippen molar-refractivity contribution in [1.29, 1.82) is 0 Å². The fourth-order valence-corrected chi connectivity index (χ4v) is 2.77. The van der Waals surface area contributed by atoms with Crippen molar-refractivity contribution in [3.8, 4) is 11.4 Å². The molecule has 3 rings (SSSR count). The molecular weight excluding hydrogens is 260 g/mol. The van der Waals surface area contributed by atoms with Crippen molar-refractivity contribution < 1.29 is 0 Å². The van der Waals surface area contributed by atoms with Crippen LogP contribution in [0.3, 0.4) is 0 Å². The molecule has 0 spiro atoms. The van der Waals surface area contributed by atoms with E-state index in [0.29, 0.717) is 5.92 Å². The topological polar surface area (TPSA) is 50.7 Å². The number of piperidine rings is 1. The minimum Gasteiger partial charge on any atom is -0.317 e. The molecule has 1 aliphatic heterocycles. The third-order valence-corrected chi connectivity index (χ3v) is 3.84. The smallest absolute Gasteiger partial charge is 0.160 e. The lowest BCUT2D eigenvalue weighted by Gasteiger charge is -2.23. The molecule has 0 aromatic carbocycles. The number of rotatable bonds is 3. The van der Waals surface area contributed by atoms with Gasteiger partial charge in [-0.05, 0) is 45.0 Å². The van der Waals surface area contributed by atoms with Crippen LogP contribution >= 0.6 is 0 Å². The maximum Gasteiger partial charge on any atom is 0.160 e. The van der Waals surface area contributed by atoms with E-state index >= 15 is 0 Å². The molecule has 0 amide bonds. The van der Waals surface area contributed by atoms with Gasteiger partial charge < -0.3 is 5.32 Å². The van der Waals surface area contributed by atoms with Crippen LogP contribution < -0.4 is 5.32 Å². The van der Waals surface area contributed by atoms with Crippen molar-refractivity contribution >= 4 is 6.08 Å². The second-order valence-corrected chi connectivity index (χ2v) is 5.30. The van der Waals surface area contributed by atoms with Crippen molar-refractivity contribution in [3.63, 3.8) is 0 Å². The predicted octanol–water partition coefficient (Wildman–Crippen LogP) is 3.04. The Kier molecular flexibility index (Phi) is 4.36. The van der Waals surface area contributed by atoms with Crippen LogP contribution in [0.15, 0.2) is 36.8 Å². The summed E-state index contributed by atoms with van der Waals surface area (Å²) in [5.74, 6) is 1.28. The number of allylic oxidation sites excluding steroid dienone is 1. The maximum atomic E-state index is 4.86. The lowest BCUT2D eigenvalue weighted by Crippen LogP contribution is -2.27. The molecule has 4 nitrogen and oxygen atoms in total. The second kappa shape index (κ2) is 6.59. The summed E-state index contributed by atoms with van der Waals surface area (Å²) in [5, 5.41) is 3.41. The highest BCUT2D eigenvalue weighted by atomic mass is 14.9. The Morgan fingerprint density at radius 1 is 1.24 bits per heavy atom. The highest BCUT2D eigenvalue weighted by Gasteiger charge is 2.20. The Morgan fingerprint density at radius 2 is 2.10 bits per heavy atom. The van der Waals surface area contributed by atoms with E-state index in [4.69, 9.17) is 4.98 Å². The fourth-order valence-electron chi connectivity index (χ4n) is 2.77. The number of pyridine rings is 1. The van der Waals surface area contributed by atoms with Gasteiger partial charge in [0.1, 0.15) is 0 Å². The Hall–Kier alpha value is -2.07.